The maximum Gasteiger partial charge on any atom is 0.123 e. The van der Waals surface area contributed by atoms with E-state index in [1.807, 2.05) is 12.1 Å². The molecule has 2 rings (SSSR count). The maximum atomic E-state index is 12.9. The van der Waals surface area contributed by atoms with E-state index < -0.39 is 0 Å². The molecule has 100 valence electrons. The van der Waals surface area contributed by atoms with E-state index in [2.05, 4.69) is 13.8 Å². The molecule has 0 heterocycles. The average molecular weight is 264 g/mol. The molecule has 1 aliphatic carbocycles. The highest BCUT2D eigenvalue weighted by Gasteiger charge is 2.25. The molecule has 0 radical (unpaired) electrons. The lowest BCUT2D eigenvalue weighted by Gasteiger charge is -2.32. The highest BCUT2D eigenvalue weighted by molar-refractivity contribution is 6.37. The summed E-state index contributed by atoms with van der Waals surface area (Å²) >= 11 is 0. The normalized spacial score (nSPS) is 26.6. The van der Waals surface area contributed by atoms with Crippen LogP contribution in [0.5, 0.6) is 0 Å². The van der Waals surface area contributed by atoms with Crippen molar-refractivity contribution in [3.8, 4) is 0 Å². The molecule has 1 atom stereocenters. The van der Waals surface area contributed by atoms with Gasteiger partial charge in [-0.05, 0) is 55.2 Å². The molecular weight excluding hydrogens is 239 g/mol. The summed E-state index contributed by atoms with van der Waals surface area (Å²) in [5, 5.41) is 0. The second-order valence-corrected chi connectivity index (χ2v) is 8.79. The summed E-state index contributed by atoms with van der Waals surface area (Å²) in [7, 11) is 0.167. The Hall–Kier alpha value is -0.633. The second-order valence-electron chi connectivity index (χ2n) is 5.93. The van der Waals surface area contributed by atoms with E-state index in [1.54, 1.807) is 12.1 Å². The lowest BCUT2D eigenvalue weighted by molar-refractivity contribution is 0.317. The number of rotatable bonds is 4. The predicted octanol–water partition coefficient (Wildman–Crippen LogP) is 4.51. The number of benzene rings is 1. The van der Waals surface area contributed by atoms with Crippen LogP contribution in [-0.4, -0.2) is 9.52 Å². The molecule has 1 aromatic carbocycles. The van der Waals surface area contributed by atoms with Crippen LogP contribution in [0, 0.1) is 11.7 Å². The molecule has 1 saturated carbocycles. The van der Waals surface area contributed by atoms with Crippen molar-refractivity contribution in [3.63, 3.8) is 0 Å². The molecule has 1 unspecified atom stereocenters. The van der Waals surface area contributed by atoms with E-state index in [-0.39, 0.29) is 15.3 Å². The molecule has 1 fully saturated rings. The Balaban J connectivity index is 1.88. The van der Waals surface area contributed by atoms with Crippen molar-refractivity contribution in [2.75, 3.05) is 0 Å². The predicted molar refractivity (Wildman–Crippen MR) is 79.5 cm³/mol. The molecule has 0 amide bonds. The molecule has 0 saturated heterocycles. The van der Waals surface area contributed by atoms with E-state index >= 15 is 0 Å². The standard InChI is InChI=1S/C16H25FSi/c1-3-18-12(2)13-4-6-14(7-5-13)15-8-10-16(17)11-9-15/h8-14H,3-7,18H2,1-2H3/t12?,13-,14-. The van der Waals surface area contributed by atoms with Crippen molar-refractivity contribution >= 4 is 9.52 Å². The number of halogens is 1. The van der Waals surface area contributed by atoms with Gasteiger partial charge in [-0.2, -0.15) is 0 Å². The summed E-state index contributed by atoms with van der Waals surface area (Å²) in [5.74, 6) is 1.54. The fourth-order valence-electron chi connectivity index (χ4n) is 3.45. The lowest BCUT2D eigenvalue weighted by Crippen LogP contribution is -2.19. The minimum absolute atomic E-state index is 0.116. The van der Waals surface area contributed by atoms with Crippen molar-refractivity contribution in [1.82, 2.24) is 0 Å². The summed E-state index contributed by atoms with van der Waals surface area (Å²) in [5.41, 5.74) is 2.36. The Labute approximate surface area is 113 Å². The van der Waals surface area contributed by atoms with Gasteiger partial charge in [-0.15, -0.1) is 0 Å². The van der Waals surface area contributed by atoms with E-state index in [9.17, 15) is 4.39 Å². The Morgan fingerprint density at radius 3 is 2.33 bits per heavy atom. The minimum Gasteiger partial charge on any atom is -0.207 e. The van der Waals surface area contributed by atoms with Crippen LogP contribution in [-0.2, 0) is 0 Å². The van der Waals surface area contributed by atoms with Crippen LogP contribution in [0.2, 0.25) is 11.6 Å². The molecule has 1 aromatic rings. The summed E-state index contributed by atoms with van der Waals surface area (Å²) in [6.45, 7) is 4.81. The highest BCUT2D eigenvalue weighted by atomic mass is 28.2. The van der Waals surface area contributed by atoms with Gasteiger partial charge in [-0.1, -0.05) is 37.6 Å². The van der Waals surface area contributed by atoms with E-state index in [4.69, 9.17) is 0 Å². The third kappa shape index (κ3) is 3.44. The van der Waals surface area contributed by atoms with E-state index in [1.165, 1.54) is 37.3 Å². The fourth-order valence-corrected chi connectivity index (χ4v) is 5.30. The average Bonchev–Trinajstić information content (AvgIpc) is 2.40. The second kappa shape index (κ2) is 6.51. The van der Waals surface area contributed by atoms with Crippen molar-refractivity contribution in [2.24, 2.45) is 5.92 Å². The van der Waals surface area contributed by atoms with Crippen molar-refractivity contribution in [1.29, 1.82) is 0 Å². The van der Waals surface area contributed by atoms with Crippen LogP contribution in [0.15, 0.2) is 24.3 Å². The first-order valence-electron chi connectivity index (χ1n) is 7.46. The summed E-state index contributed by atoms with van der Waals surface area (Å²) in [6, 6.07) is 8.61. The molecule has 1 aliphatic rings. The van der Waals surface area contributed by atoms with Crippen LogP contribution in [0.4, 0.5) is 4.39 Å². The van der Waals surface area contributed by atoms with Crippen LogP contribution < -0.4 is 0 Å². The SMILES string of the molecule is CC[SiH2]C(C)[C@H]1CC[C@H](c2ccc(F)cc2)CC1. The van der Waals surface area contributed by atoms with Gasteiger partial charge in [0.05, 0.1) is 0 Å². The largest absolute Gasteiger partial charge is 0.207 e. The molecule has 0 aliphatic heterocycles. The molecule has 0 bridgehead atoms. The lowest BCUT2D eigenvalue weighted by atomic mass is 9.77. The van der Waals surface area contributed by atoms with E-state index in [0.29, 0.717) is 5.92 Å². The van der Waals surface area contributed by atoms with Gasteiger partial charge in [-0.3, -0.25) is 0 Å². The smallest absolute Gasteiger partial charge is 0.123 e. The Morgan fingerprint density at radius 2 is 1.78 bits per heavy atom. The van der Waals surface area contributed by atoms with Gasteiger partial charge in [0.15, 0.2) is 0 Å². The maximum absolute atomic E-state index is 12.9. The van der Waals surface area contributed by atoms with Gasteiger partial charge >= 0.3 is 0 Å². The minimum atomic E-state index is -0.116. The zero-order valence-corrected chi connectivity index (χ0v) is 13.1. The molecule has 0 nitrogen and oxygen atoms in total. The first-order chi connectivity index (χ1) is 8.70. The molecule has 0 aromatic heterocycles. The zero-order chi connectivity index (χ0) is 13.0. The van der Waals surface area contributed by atoms with Gasteiger partial charge in [0.1, 0.15) is 5.82 Å². The first kappa shape index (κ1) is 13.8. The number of hydrogen-bond acceptors (Lipinski definition) is 0. The van der Waals surface area contributed by atoms with Gasteiger partial charge in [0, 0.05) is 9.52 Å². The van der Waals surface area contributed by atoms with Crippen LogP contribution in [0.25, 0.3) is 0 Å². The monoisotopic (exact) mass is 264 g/mol. The van der Waals surface area contributed by atoms with Gasteiger partial charge in [0.2, 0.25) is 0 Å². The number of hydrogen-bond donors (Lipinski definition) is 0. The van der Waals surface area contributed by atoms with Gasteiger partial charge in [0.25, 0.3) is 0 Å². The van der Waals surface area contributed by atoms with Crippen molar-refractivity contribution in [3.05, 3.63) is 35.6 Å². The topological polar surface area (TPSA) is 0 Å². The Bertz CT molecular complexity index is 352. The Kier molecular flexibility index (Phi) is 4.99. The van der Waals surface area contributed by atoms with Crippen LogP contribution in [0.3, 0.4) is 0 Å². The fraction of sp³-hybridized carbons (Fsp3) is 0.625. The zero-order valence-electron chi connectivity index (χ0n) is 11.7. The summed E-state index contributed by atoms with van der Waals surface area (Å²) in [4.78, 5) is 0. The van der Waals surface area contributed by atoms with E-state index in [0.717, 1.165) is 11.5 Å². The van der Waals surface area contributed by atoms with Gasteiger partial charge in [-0.25, -0.2) is 4.39 Å². The summed E-state index contributed by atoms with van der Waals surface area (Å²) in [6.07, 6.45) is 5.38. The molecule has 2 heteroatoms. The third-order valence-corrected chi connectivity index (χ3v) is 6.82. The quantitative estimate of drug-likeness (QED) is 0.702. The third-order valence-electron chi connectivity index (χ3n) is 4.66. The molecular formula is C16H25FSi. The summed E-state index contributed by atoms with van der Waals surface area (Å²) < 4.78 is 12.9. The van der Waals surface area contributed by atoms with Crippen LogP contribution in [0.1, 0.15) is 51.0 Å². The van der Waals surface area contributed by atoms with Gasteiger partial charge < -0.3 is 0 Å². The van der Waals surface area contributed by atoms with Crippen molar-refractivity contribution < 1.29 is 4.39 Å². The van der Waals surface area contributed by atoms with Crippen LogP contribution >= 0.6 is 0 Å². The highest BCUT2D eigenvalue weighted by Crippen LogP contribution is 2.40. The van der Waals surface area contributed by atoms with Crippen molar-refractivity contribution in [2.45, 2.75) is 57.0 Å². The Morgan fingerprint density at radius 1 is 1.17 bits per heavy atom. The molecule has 18 heavy (non-hydrogen) atoms. The molecule has 0 N–H and O–H groups in total. The molecule has 0 spiro atoms. The first-order valence-corrected chi connectivity index (χ1v) is 9.27.